The number of rotatable bonds is 6. The van der Waals surface area contributed by atoms with Crippen molar-refractivity contribution in [1.82, 2.24) is 10.3 Å². The van der Waals surface area contributed by atoms with E-state index in [1.165, 1.54) is 0 Å². The average Bonchev–Trinajstić information content (AvgIpc) is 2.51. The number of aromatic nitrogens is 1. The quantitative estimate of drug-likeness (QED) is 0.850. The maximum Gasteiger partial charge on any atom is 0.137 e. The van der Waals surface area contributed by atoms with Crippen molar-refractivity contribution in [3.8, 4) is 5.75 Å². The monoisotopic (exact) mass is 324 g/mol. The summed E-state index contributed by atoms with van der Waals surface area (Å²) in [6.45, 7) is 3.02. The van der Waals surface area contributed by atoms with Crippen LogP contribution < -0.4 is 10.1 Å². The lowest BCUT2D eigenvalue weighted by atomic mass is 10.00. The zero-order valence-corrected chi connectivity index (χ0v) is 13.6. The molecule has 5 heteroatoms. The van der Waals surface area contributed by atoms with Gasteiger partial charge >= 0.3 is 0 Å². The van der Waals surface area contributed by atoms with Crippen molar-refractivity contribution in [2.24, 2.45) is 0 Å². The minimum Gasteiger partial charge on any atom is -0.495 e. The van der Waals surface area contributed by atoms with E-state index in [-0.39, 0.29) is 6.04 Å². The highest BCUT2D eigenvalue weighted by molar-refractivity contribution is 6.42. The Hall–Kier alpha value is -1.29. The first-order valence-corrected chi connectivity index (χ1v) is 7.58. The minimum absolute atomic E-state index is 0.00215. The van der Waals surface area contributed by atoms with Gasteiger partial charge in [0.25, 0.3) is 0 Å². The molecule has 1 unspecified atom stereocenters. The largest absolute Gasteiger partial charge is 0.495 e. The molecule has 0 aliphatic carbocycles. The molecule has 1 aromatic heterocycles. The van der Waals surface area contributed by atoms with Gasteiger partial charge in [-0.15, -0.1) is 0 Å². The van der Waals surface area contributed by atoms with E-state index in [9.17, 15) is 0 Å². The van der Waals surface area contributed by atoms with Gasteiger partial charge < -0.3 is 10.1 Å². The fraction of sp³-hybridized carbons (Fsp3) is 0.312. The van der Waals surface area contributed by atoms with E-state index in [4.69, 9.17) is 27.9 Å². The van der Waals surface area contributed by atoms with E-state index in [0.717, 1.165) is 29.8 Å². The van der Waals surface area contributed by atoms with Crippen LogP contribution in [0.3, 0.4) is 0 Å². The smallest absolute Gasteiger partial charge is 0.137 e. The van der Waals surface area contributed by atoms with Crippen molar-refractivity contribution in [3.63, 3.8) is 0 Å². The van der Waals surface area contributed by atoms with Crippen LogP contribution >= 0.6 is 23.2 Å². The SMILES string of the molecule is CCCNC(c1cncc(OC)c1)c1ccc(Cl)c(Cl)c1. The highest BCUT2D eigenvalue weighted by atomic mass is 35.5. The molecule has 2 rings (SSSR count). The maximum absolute atomic E-state index is 6.14. The first kappa shape index (κ1) is 16.1. The molecule has 112 valence electrons. The summed E-state index contributed by atoms with van der Waals surface area (Å²) < 4.78 is 5.25. The molecule has 0 aliphatic heterocycles. The fourth-order valence-electron chi connectivity index (χ4n) is 2.11. The van der Waals surface area contributed by atoms with Crippen LogP contribution in [0.15, 0.2) is 36.7 Å². The molecular weight excluding hydrogens is 307 g/mol. The van der Waals surface area contributed by atoms with E-state index < -0.39 is 0 Å². The number of pyridine rings is 1. The standard InChI is InChI=1S/C16H18Cl2N2O/c1-3-6-20-16(11-4-5-14(17)15(18)8-11)12-7-13(21-2)10-19-9-12/h4-5,7-10,16,20H,3,6H2,1-2H3. The van der Waals surface area contributed by atoms with Crippen LogP contribution in [0.1, 0.15) is 30.5 Å². The number of nitrogens with zero attached hydrogens (tertiary/aromatic N) is 1. The molecule has 0 spiro atoms. The Kier molecular flexibility index (Phi) is 5.85. The first-order chi connectivity index (χ1) is 10.2. The molecule has 3 nitrogen and oxygen atoms in total. The van der Waals surface area contributed by atoms with Crippen molar-refractivity contribution in [3.05, 3.63) is 57.8 Å². The minimum atomic E-state index is 0.00215. The van der Waals surface area contributed by atoms with E-state index in [1.54, 1.807) is 13.3 Å². The Bertz CT molecular complexity index is 605. The van der Waals surface area contributed by atoms with Crippen LogP contribution in [0.4, 0.5) is 0 Å². The molecule has 0 radical (unpaired) electrons. The lowest BCUT2D eigenvalue weighted by Gasteiger charge is -2.20. The van der Waals surface area contributed by atoms with Gasteiger partial charge in [-0.2, -0.15) is 0 Å². The molecule has 0 saturated heterocycles. The first-order valence-electron chi connectivity index (χ1n) is 6.83. The van der Waals surface area contributed by atoms with E-state index in [0.29, 0.717) is 10.0 Å². The van der Waals surface area contributed by atoms with Crippen molar-refractivity contribution in [1.29, 1.82) is 0 Å². The van der Waals surface area contributed by atoms with Gasteiger partial charge in [0.15, 0.2) is 0 Å². The van der Waals surface area contributed by atoms with Crippen LogP contribution in [0, 0.1) is 0 Å². The number of nitrogens with one attached hydrogen (secondary N) is 1. The lowest BCUT2D eigenvalue weighted by molar-refractivity contribution is 0.411. The molecular formula is C16H18Cl2N2O. The number of benzene rings is 1. The predicted molar refractivity (Wildman–Crippen MR) is 87.4 cm³/mol. The van der Waals surface area contributed by atoms with Gasteiger partial charge in [-0.05, 0) is 42.3 Å². The van der Waals surface area contributed by atoms with Crippen molar-refractivity contribution in [2.45, 2.75) is 19.4 Å². The van der Waals surface area contributed by atoms with E-state index in [2.05, 4.69) is 17.2 Å². The van der Waals surface area contributed by atoms with Gasteiger partial charge in [-0.1, -0.05) is 36.2 Å². The van der Waals surface area contributed by atoms with Crippen molar-refractivity contribution >= 4 is 23.2 Å². The van der Waals surface area contributed by atoms with Crippen molar-refractivity contribution in [2.75, 3.05) is 13.7 Å². The van der Waals surface area contributed by atoms with Crippen LogP contribution in [0.2, 0.25) is 10.0 Å². The molecule has 2 aromatic rings. The van der Waals surface area contributed by atoms with Crippen molar-refractivity contribution < 1.29 is 4.74 Å². The summed E-state index contributed by atoms with van der Waals surface area (Å²) >= 11 is 12.1. The second-order valence-electron chi connectivity index (χ2n) is 4.72. The molecule has 0 amide bonds. The van der Waals surface area contributed by atoms with Gasteiger partial charge in [0, 0.05) is 6.20 Å². The summed E-state index contributed by atoms with van der Waals surface area (Å²) in [5, 5.41) is 4.61. The summed E-state index contributed by atoms with van der Waals surface area (Å²) in [6.07, 6.45) is 4.56. The average molecular weight is 325 g/mol. The van der Waals surface area contributed by atoms with Gasteiger partial charge in [-0.3, -0.25) is 4.98 Å². The summed E-state index contributed by atoms with van der Waals surface area (Å²) in [6, 6.07) is 7.65. The summed E-state index contributed by atoms with van der Waals surface area (Å²) in [4.78, 5) is 4.23. The second kappa shape index (κ2) is 7.64. The number of hydrogen-bond acceptors (Lipinski definition) is 3. The predicted octanol–water partition coefficient (Wildman–Crippen LogP) is 4.49. The molecule has 0 aliphatic rings. The third-order valence-electron chi connectivity index (χ3n) is 3.18. The number of halogens is 2. The Morgan fingerprint density at radius 3 is 2.62 bits per heavy atom. The third kappa shape index (κ3) is 4.10. The molecule has 1 N–H and O–H groups in total. The lowest BCUT2D eigenvalue weighted by Crippen LogP contribution is -2.23. The summed E-state index contributed by atoms with van der Waals surface area (Å²) in [5.74, 6) is 0.732. The number of methoxy groups -OCH3 is 1. The number of hydrogen-bond donors (Lipinski definition) is 1. The Labute approximate surface area is 135 Å². The van der Waals surface area contributed by atoms with Gasteiger partial charge in [0.2, 0.25) is 0 Å². The second-order valence-corrected chi connectivity index (χ2v) is 5.53. The summed E-state index contributed by atoms with van der Waals surface area (Å²) in [5.41, 5.74) is 2.08. The van der Waals surface area contributed by atoms with Gasteiger partial charge in [0.05, 0.1) is 29.4 Å². The van der Waals surface area contributed by atoms with E-state index in [1.807, 2.05) is 30.5 Å². The molecule has 0 saturated carbocycles. The molecule has 1 heterocycles. The zero-order chi connectivity index (χ0) is 15.2. The van der Waals surface area contributed by atoms with Crippen LogP contribution in [-0.4, -0.2) is 18.6 Å². The number of ether oxygens (including phenoxy) is 1. The zero-order valence-electron chi connectivity index (χ0n) is 12.1. The fourth-order valence-corrected chi connectivity index (χ4v) is 2.42. The van der Waals surface area contributed by atoms with Crippen LogP contribution in [-0.2, 0) is 0 Å². The van der Waals surface area contributed by atoms with Gasteiger partial charge in [0.1, 0.15) is 5.75 Å². The third-order valence-corrected chi connectivity index (χ3v) is 3.92. The topological polar surface area (TPSA) is 34.2 Å². The van der Waals surface area contributed by atoms with Gasteiger partial charge in [-0.25, -0.2) is 0 Å². The Balaban J connectivity index is 2.38. The Morgan fingerprint density at radius 2 is 1.95 bits per heavy atom. The highest BCUT2D eigenvalue weighted by Gasteiger charge is 2.15. The Morgan fingerprint density at radius 1 is 1.14 bits per heavy atom. The molecule has 21 heavy (non-hydrogen) atoms. The van der Waals surface area contributed by atoms with Crippen LogP contribution in [0.5, 0.6) is 5.75 Å². The van der Waals surface area contributed by atoms with E-state index >= 15 is 0 Å². The normalized spacial score (nSPS) is 12.2. The highest BCUT2D eigenvalue weighted by Crippen LogP contribution is 2.29. The molecule has 1 atom stereocenters. The summed E-state index contributed by atoms with van der Waals surface area (Å²) in [7, 11) is 1.63. The van der Waals surface area contributed by atoms with Crippen LogP contribution in [0.25, 0.3) is 0 Å². The molecule has 0 fully saturated rings. The molecule has 0 bridgehead atoms. The maximum atomic E-state index is 6.14. The molecule has 1 aromatic carbocycles.